The Balaban J connectivity index is 3.01. The molecule has 0 heterocycles. The highest BCUT2D eigenvalue weighted by Gasteiger charge is 2.26. The Kier molecular flexibility index (Phi) is 4.31. The summed E-state index contributed by atoms with van der Waals surface area (Å²) >= 11 is 0. The highest BCUT2D eigenvalue weighted by molar-refractivity contribution is 7.89. The van der Waals surface area contributed by atoms with E-state index in [1.807, 2.05) is 0 Å². The minimum absolute atomic E-state index is 0.0350. The number of sulfonamides is 1. The number of benzene rings is 1. The van der Waals surface area contributed by atoms with Gasteiger partial charge in [-0.1, -0.05) is 13.8 Å². The summed E-state index contributed by atoms with van der Waals surface area (Å²) < 4.78 is 26.2. The number of phenols is 1. The molecular formula is C11H16N2O4S. The number of hydrogen-bond acceptors (Lipinski definition) is 4. The Labute approximate surface area is 106 Å². The van der Waals surface area contributed by atoms with Crippen molar-refractivity contribution in [1.82, 2.24) is 4.72 Å². The van der Waals surface area contributed by atoms with E-state index >= 15 is 0 Å². The quantitative estimate of drug-likeness (QED) is 0.710. The van der Waals surface area contributed by atoms with Gasteiger partial charge in [-0.15, -0.1) is 0 Å². The molecule has 0 aliphatic heterocycles. The van der Waals surface area contributed by atoms with Crippen LogP contribution >= 0.6 is 0 Å². The van der Waals surface area contributed by atoms with Gasteiger partial charge in [0.15, 0.2) is 0 Å². The molecule has 1 unspecified atom stereocenters. The van der Waals surface area contributed by atoms with Gasteiger partial charge in [-0.25, -0.2) is 8.42 Å². The van der Waals surface area contributed by atoms with Crippen molar-refractivity contribution in [1.29, 1.82) is 0 Å². The van der Waals surface area contributed by atoms with E-state index in [1.165, 1.54) is 24.3 Å². The molecule has 1 aromatic rings. The summed E-state index contributed by atoms with van der Waals surface area (Å²) in [6, 6.07) is 4.03. The molecule has 0 bridgehead atoms. The summed E-state index contributed by atoms with van der Waals surface area (Å²) in [5.74, 6) is -1.02. The first kappa shape index (κ1) is 14.5. The summed E-state index contributed by atoms with van der Waals surface area (Å²) in [5.41, 5.74) is 5.14. The SMILES string of the molecule is CC(C)C(NS(=O)(=O)c1ccc(O)cc1)C(N)=O. The van der Waals surface area contributed by atoms with Gasteiger partial charge in [0.25, 0.3) is 0 Å². The molecule has 0 radical (unpaired) electrons. The maximum Gasteiger partial charge on any atom is 0.241 e. The predicted molar refractivity (Wildman–Crippen MR) is 66.2 cm³/mol. The van der Waals surface area contributed by atoms with Crippen LogP contribution in [-0.4, -0.2) is 25.5 Å². The summed E-state index contributed by atoms with van der Waals surface area (Å²) in [7, 11) is -3.83. The van der Waals surface area contributed by atoms with E-state index in [0.717, 1.165) is 0 Å². The van der Waals surface area contributed by atoms with Crippen molar-refractivity contribution in [3.05, 3.63) is 24.3 Å². The number of carbonyl (C=O) groups is 1. The third-order valence-electron chi connectivity index (χ3n) is 2.40. The van der Waals surface area contributed by atoms with Gasteiger partial charge in [-0.2, -0.15) is 4.72 Å². The molecule has 0 spiro atoms. The number of aromatic hydroxyl groups is 1. The van der Waals surface area contributed by atoms with E-state index in [4.69, 9.17) is 10.8 Å². The first-order chi connectivity index (χ1) is 8.24. The van der Waals surface area contributed by atoms with Gasteiger partial charge in [0, 0.05) is 0 Å². The number of carbonyl (C=O) groups excluding carboxylic acids is 1. The number of amides is 1. The second-order valence-corrected chi connectivity index (χ2v) is 5.95. The summed E-state index contributed by atoms with van der Waals surface area (Å²) in [6.45, 7) is 3.38. The first-order valence-electron chi connectivity index (χ1n) is 5.34. The third-order valence-corrected chi connectivity index (χ3v) is 3.86. The zero-order chi connectivity index (χ0) is 13.9. The van der Waals surface area contributed by atoms with E-state index in [1.54, 1.807) is 13.8 Å². The number of nitrogens with one attached hydrogen (secondary N) is 1. The smallest absolute Gasteiger partial charge is 0.241 e. The van der Waals surface area contributed by atoms with Crippen molar-refractivity contribution in [2.24, 2.45) is 11.7 Å². The first-order valence-corrected chi connectivity index (χ1v) is 6.83. The van der Waals surface area contributed by atoms with Gasteiger partial charge in [0.2, 0.25) is 15.9 Å². The van der Waals surface area contributed by atoms with Crippen molar-refractivity contribution in [3.63, 3.8) is 0 Å². The van der Waals surface area contributed by atoms with Crippen molar-refractivity contribution >= 4 is 15.9 Å². The normalized spacial score (nSPS) is 13.5. The summed E-state index contributed by atoms with van der Waals surface area (Å²) in [5, 5.41) is 9.09. The van der Waals surface area contributed by atoms with Gasteiger partial charge >= 0.3 is 0 Å². The highest BCUT2D eigenvalue weighted by atomic mass is 32.2. The molecule has 0 aliphatic carbocycles. The van der Waals surface area contributed by atoms with E-state index in [9.17, 15) is 13.2 Å². The number of hydrogen-bond donors (Lipinski definition) is 3. The molecular weight excluding hydrogens is 256 g/mol. The number of nitrogens with two attached hydrogens (primary N) is 1. The minimum Gasteiger partial charge on any atom is -0.508 e. The van der Waals surface area contributed by atoms with E-state index < -0.39 is 22.0 Å². The fourth-order valence-corrected chi connectivity index (χ4v) is 2.74. The van der Waals surface area contributed by atoms with Crippen LogP contribution in [0, 0.1) is 5.92 Å². The van der Waals surface area contributed by atoms with Crippen LogP contribution in [0.2, 0.25) is 0 Å². The number of phenolic OH excluding ortho intramolecular Hbond substituents is 1. The summed E-state index contributed by atoms with van der Waals surface area (Å²) in [4.78, 5) is 11.1. The zero-order valence-corrected chi connectivity index (χ0v) is 10.9. The van der Waals surface area contributed by atoms with Gasteiger partial charge in [0.1, 0.15) is 11.8 Å². The minimum atomic E-state index is -3.83. The molecule has 18 heavy (non-hydrogen) atoms. The van der Waals surface area contributed by atoms with Crippen LogP contribution in [-0.2, 0) is 14.8 Å². The molecule has 0 saturated heterocycles. The Bertz CT molecular complexity index is 522. The van der Waals surface area contributed by atoms with Gasteiger partial charge < -0.3 is 10.8 Å². The molecule has 1 amide bonds. The van der Waals surface area contributed by atoms with Gasteiger partial charge in [0.05, 0.1) is 4.90 Å². The fourth-order valence-electron chi connectivity index (χ4n) is 1.38. The van der Waals surface area contributed by atoms with Crippen LogP contribution in [0.4, 0.5) is 0 Å². The van der Waals surface area contributed by atoms with Crippen molar-refractivity contribution in [3.8, 4) is 5.75 Å². The second kappa shape index (κ2) is 5.36. The standard InChI is InChI=1S/C11H16N2O4S/c1-7(2)10(11(12)15)13-18(16,17)9-5-3-8(14)4-6-9/h3-7,10,13-14H,1-2H3,(H2,12,15). The maximum absolute atomic E-state index is 12.0. The second-order valence-electron chi connectivity index (χ2n) is 4.24. The Morgan fingerprint density at radius 3 is 2.17 bits per heavy atom. The molecule has 4 N–H and O–H groups in total. The summed E-state index contributed by atoms with van der Waals surface area (Å²) in [6.07, 6.45) is 0. The molecule has 1 atom stereocenters. The highest BCUT2D eigenvalue weighted by Crippen LogP contribution is 2.15. The van der Waals surface area contributed by atoms with Crippen LogP contribution in [0.5, 0.6) is 5.75 Å². The van der Waals surface area contributed by atoms with Crippen LogP contribution in [0.15, 0.2) is 29.2 Å². The molecule has 0 fully saturated rings. The molecule has 6 nitrogen and oxygen atoms in total. The van der Waals surface area contributed by atoms with Crippen LogP contribution in [0.3, 0.4) is 0 Å². The third kappa shape index (κ3) is 3.44. The molecule has 7 heteroatoms. The molecule has 0 saturated carbocycles. The van der Waals surface area contributed by atoms with Crippen molar-refractivity contribution in [2.45, 2.75) is 24.8 Å². The predicted octanol–water partition coefficient (Wildman–Crippen LogP) is 0.180. The Morgan fingerprint density at radius 1 is 1.28 bits per heavy atom. The van der Waals surface area contributed by atoms with Crippen LogP contribution in [0.25, 0.3) is 0 Å². The molecule has 1 rings (SSSR count). The lowest BCUT2D eigenvalue weighted by molar-refractivity contribution is -0.120. The fraction of sp³-hybridized carbons (Fsp3) is 0.364. The van der Waals surface area contributed by atoms with Gasteiger partial charge in [-0.3, -0.25) is 4.79 Å². The Hall–Kier alpha value is -1.60. The van der Waals surface area contributed by atoms with E-state index in [-0.39, 0.29) is 16.6 Å². The van der Waals surface area contributed by atoms with Crippen LogP contribution in [0.1, 0.15) is 13.8 Å². The van der Waals surface area contributed by atoms with Crippen LogP contribution < -0.4 is 10.5 Å². The average molecular weight is 272 g/mol. The molecule has 100 valence electrons. The average Bonchev–Trinajstić information content (AvgIpc) is 2.26. The number of rotatable bonds is 5. The lowest BCUT2D eigenvalue weighted by atomic mass is 10.1. The lowest BCUT2D eigenvalue weighted by Crippen LogP contribution is -2.47. The molecule has 0 aromatic heterocycles. The van der Waals surface area contributed by atoms with Crippen molar-refractivity contribution < 1.29 is 18.3 Å². The lowest BCUT2D eigenvalue weighted by Gasteiger charge is -2.18. The zero-order valence-electron chi connectivity index (χ0n) is 10.1. The largest absolute Gasteiger partial charge is 0.508 e. The number of primary amides is 1. The van der Waals surface area contributed by atoms with Crippen molar-refractivity contribution in [2.75, 3.05) is 0 Å². The van der Waals surface area contributed by atoms with E-state index in [0.29, 0.717) is 0 Å². The molecule has 1 aromatic carbocycles. The Morgan fingerprint density at radius 2 is 1.78 bits per heavy atom. The van der Waals surface area contributed by atoms with E-state index in [2.05, 4.69) is 4.72 Å². The maximum atomic E-state index is 12.0. The van der Waals surface area contributed by atoms with Gasteiger partial charge in [-0.05, 0) is 30.2 Å². The monoisotopic (exact) mass is 272 g/mol. The molecule has 0 aliphatic rings. The topological polar surface area (TPSA) is 109 Å².